The van der Waals surface area contributed by atoms with Gasteiger partial charge >= 0.3 is 0 Å². The smallest absolute Gasteiger partial charge is 0.228 e. The Morgan fingerprint density at radius 1 is 1.26 bits per heavy atom. The summed E-state index contributed by atoms with van der Waals surface area (Å²) in [5.74, 6) is 0.105. The first-order valence-corrected chi connectivity index (χ1v) is 9.80. The third-order valence-electron chi connectivity index (χ3n) is 5.94. The highest BCUT2D eigenvalue weighted by molar-refractivity contribution is 6.30. The van der Waals surface area contributed by atoms with Crippen molar-refractivity contribution in [1.29, 1.82) is 0 Å². The van der Waals surface area contributed by atoms with Crippen molar-refractivity contribution < 1.29 is 14.3 Å². The van der Waals surface area contributed by atoms with Gasteiger partial charge in [-0.3, -0.25) is 4.79 Å². The first-order chi connectivity index (χ1) is 12.6. The van der Waals surface area contributed by atoms with Crippen LogP contribution in [-0.4, -0.2) is 52.5 Å². The van der Waals surface area contributed by atoms with Crippen LogP contribution in [0.25, 0.3) is 0 Å². The monoisotopic (exact) mass is 416 g/mol. The molecule has 1 amide bonds. The van der Waals surface area contributed by atoms with Crippen LogP contribution in [0.2, 0.25) is 5.02 Å². The predicted molar refractivity (Wildman–Crippen MR) is 110 cm³/mol. The number of hydrogen-bond acceptors (Lipinski definition) is 4. The van der Waals surface area contributed by atoms with E-state index >= 15 is 0 Å². The number of halogens is 2. The zero-order valence-electron chi connectivity index (χ0n) is 15.9. The number of nitrogens with one attached hydrogen (secondary N) is 2. The highest BCUT2D eigenvalue weighted by Crippen LogP contribution is 2.36. The van der Waals surface area contributed by atoms with E-state index in [-0.39, 0.29) is 23.7 Å². The molecule has 2 heterocycles. The average Bonchev–Trinajstić information content (AvgIpc) is 2.68. The lowest BCUT2D eigenvalue weighted by molar-refractivity contribution is -0.136. The Labute approximate surface area is 172 Å². The fourth-order valence-corrected chi connectivity index (χ4v) is 4.39. The molecule has 152 valence electrons. The summed E-state index contributed by atoms with van der Waals surface area (Å²) >= 11 is 6.23. The zero-order chi connectivity index (χ0) is 18.5. The first-order valence-electron chi connectivity index (χ1n) is 9.42. The van der Waals surface area contributed by atoms with Crippen LogP contribution in [0.3, 0.4) is 0 Å². The molecule has 2 aliphatic heterocycles. The Hall–Kier alpha value is -0.850. The quantitative estimate of drug-likeness (QED) is 0.748. The largest absolute Gasteiger partial charge is 0.384 e. The topological polar surface area (TPSA) is 59.6 Å². The number of rotatable bonds is 6. The summed E-state index contributed by atoms with van der Waals surface area (Å²) in [6, 6.07) is 8.00. The molecule has 2 fully saturated rings. The molecule has 1 aromatic carbocycles. The molecule has 0 saturated carbocycles. The first kappa shape index (κ1) is 22.4. The molecule has 0 spiro atoms. The number of carbonyl (C=O) groups is 1. The number of amides is 1. The van der Waals surface area contributed by atoms with E-state index in [0.717, 1.165) is 43.8 Å². The molecule has 0 atom stereocenters. The Morgan fingerprint density at radius 2 is 1.96 bits per heavy atom. The van der Waals surface area contributed by atoms with Crippen LogP contribution >= 0.6 is 24.0 Å². The summed E-state index contributed by atoms with van der Waals surface area (Å²) in [5, 5.41) is 7.32. The predicted octanol–water partition coefficient (Wildman–Crippen LogP) is 2.94. The van der Waals surface area contributed by atoms with E-state index < -0.39 is 5.41 Å². The lowest BCUT2D eigenvalue weighted by Gasteiger charge is -2.40. The maximum atomic E-state index is 13.1. The van der Waals surface area contributed by atoms with Crippen molar-refractivity contribution in [3.8, 4) is 0 Å². The third kappa shape index (κ3) is 5.15. The van der Waals surface area contributed by atoms with Crippen LogP contribution in [-0.2, 0) is 19.7 Å². The van der Waals surface area contributed by atoms with Crippen molar-refractivity contribution in [2.45, 2.75) is 31.1 Å². The molecule has 0 aromatic heterocycles. The normalized spacial score (nSPS) is 21.1. The number of hydrogen-bond donors (Lipinski definition) is 2. The molecule has 0 radical (unpaired) electrons. The number of carbonyl (C=O) groups excluding carboxylic acids is 1. The summed E-state index contributed by atoms with van der Waals surface area (Å²) < 4.78 is 11.0. The van der Waals surface area contributed by atoms with E-state index in [1.807, 2.05) is 18.2 Å². The number of piperidine rings is 1. The Morgan fingerprint density at radius 3 is 2.59 bits per heavy atom. The second-order valence-corrected chi connectivity index (χ2v) is 7.99. The molecule has 2 aliphatic rings. The van der Waals surface area contributed by atoms with Crippen molar-refractivity contribution in [3.05, 3.63) is 34.9 Å². The van der Waals surface area contributed by atoms with E-state index in [4.69, 9.17) is 21.1 Å². The second-order valence-electron chi connectivity index (χ2n) is 7.55. The van der Waals surface area contributed by atoms with E-state index in [9.17, 15) is 4.79 Å². The molecule has 27 heavy (non-hydrogen) atoms. The van der Waals surface area contributed by atoms with Crippen LogP contribution < -0.4 is 10.6 Å². The molecule has 0 unspecified atom stereocenters. The zero-order valence-corrected chi connectivity index (χ0v) is 17.5. The molecule has 2 N–H and O–H groups in total. The van der Waals surface area contributed by atoms with Gasteiger partial charge in [0.15, 0.2) is 0 Å². The second kappa shape index (κ2) is 10.1. The van der Waals surface area contributed by atoms with E-state index in [0.29, 0.717) is 26.4 Å². The fraction of sp³-hybridized carbons (Fsp3) is 0.650. The summed E-state index contributed by atoms with van der Waals surface area (Å²) in [5.41, 5.74) is 0.625. The van der Waals surface area contributed by atoms with Gasteiger partial charge in [0, 0.05) is 37.3 Å². The fourth-order valence-electron chi connectivity index (χ4n) is 4.20. The Kier molecular flexibility index (Phi) is 8.38. The average molecular weight is 417 g/mol. The Balaban J connectivity index is 0.00000261. The minimum Gasteiger partial charge on any atom is -0.384 e. The van der Waals surface area contributed by atoms with Gasteiger partial charge in [0.2, 0.25) is 5.91 Å². The minimum atomic E-state index is -0.430. The van der Waals surface area contributed by atoms with Gasteiger partial charge < -0.3 is 20.1 Å². The molecule has 5 nitrogen and oxygen atoms in total. The minimum absolute atomic E-state index is 0. The van der Waals surface area contributed by atoms with Crippen molar-refractivity contribution in [2.75, 3.05) is 46.6 Å². The van der Waals surface area contributed by atoms with Crippen LogP contribution in [0.1, 0.15) is 31.2 Å². The van der Waals surface area contributed by atoms with E-state index in [2.05, 4.69) is 16.7 Å². The van der Waals surface area contributed by atoms with E-state index in [1.54, 1.807) is 7.11 Å². The number of benzene rings is 1. The van der Waals surface area contributed by atoms with Crippen molar-refractivity contribution in [1.82, 2.24) is 10.6 Å². The molecule has 0 aliphatic carbocycles. The molecule has 7 heteroatoms. The van der Waals surface area contributed by atoms with Crippen LogP contribution in [0.15, 0.2) is 24.3 Å². The molecule has 1 aromatic rings. The van der Waals surface area contributed by atoms with Crippen LogP contribution in [0.5, 0.6) is 0 Å². The van der Waals surface area contributed by atoms with Crippen LogP contribution in [0.4, 0.5) is 0 Å². The molecule has 3 rings (SSSR count). The van der Waals surface area contributed by atoms with Crippen molar-refractivity contribution >= 4 is 29.9 Å². The molecular formula is C20H30Cl2N2O3. The molecule has 0 bridgehead atoms. The molecule has 2 saturated heterocycles. The highest BCUT2D eigenvalue weighted by atomic mass is 35.5. The standard InChI is InChI=1S/C20H29ClN2O3.ClH/c1-25-15-20(5-9-22-10-6-20)18(24)23-14-19(7-11-26-12-8-19)16-3-2-4-17(21)13-16;/h2-4,13,22H,5-12,14-15H2,1H3,(H,23,24);1H. The lowest BCUT2D eigenvalue weighted by Crippen LogP contribution is -2.53. The van der Waals surface area contributed by atoms with E-state index in [1.165, 1.54) is 5.56 Å². The van der Waals surface area contributed by atoms with Crippen LogP contribution in [0, 0.1) is 5.41 Å². The maximum Gasteiger partial charge on any atom is 0.228 e. The molecular weight excluding hydrogens is 387 g/mol. The summed E-state index contributed by atoms with van der Waals surface area (Å²) in [6.45, 7) is 4.18. The highest BCUT2D eigenvalue weighted by Gasteiger charge is 2.41. The SMILES string of the molecule is COCC1(C(=O)NCC2(c3cccc(Cl)c3)CCOCC2)CCNCC1.Cl. The summed E-state index contributed by atoms with van der Waals surface area (Å²) in [4.78, 5) is 13.1. The van der Waals surface area contributed by atoms with Gasteiger partial charge in [-0.1, -0.05) is 23.7 Å². The summed E-state index contributed by atoms with van der Waals surface area (Å²) in [7, 11) is 1.67. The van der Waals surface area contributed by atoms with Gasteiger partial charge in [-0.25, -0.2) is 0 Å². The third-order valence-corrected chi connectivity index (χ3v) is 6.17. The lowest BCUT2D eigenvalue weighted by atomic mass is 9.73. The van der Waals surface area contributed by atoms with Crippen molar-refractivity contribution in [2.24, 2.45) is 5.41 Å². The van der Waals surface area contributed by atoms with Gasteiger partial charge in [0.25, 0.3) is 0 Å². The summed E-state index contributed by atoms with van der Waals surface area (Å²) in [6.07, 6.45) is 3.37. The number of ether oxygens (including phenoxy) is 2. The van der Waals surface area contributed by atoms with Gasteiger partial charge in [-0.2, -0.15) is 0 Å². The number of methoxy groups -OCH3 is 1. The maximum absolute atomic E-state index is 13.1. The van der Waals surface area contributed by atoms with Crippen molar-refractivity contribution in [3.63, 3.8) is 0 Å². The van der Waals surface area contributed by atoms with Gasteiger partial charge in [-0.15, -0.1) is 12.4 Å². The van der Waals surface area contributed by atoms with Gasteiger partial charge in [0.1, 0.15) is 0 Å². The van der Waals surface area contributed by atoms with Gasteiger partial charge in [-0.05, 0) is 56.5 Å². The Bertz CT molecular complexity index is 609. The van der Waals surface area contributed by atoms with Gasteiger partial charge in [0.05, 0.1) is 12.0 Å².